The zero-order valence-electron chi connectivity index (χ0n) is 10.0. The van der Waals surface area contributed by atoms with Crippen molar-refractivity contribution in [3.63, 3.8) is 0 Å². The lowest BCUT2D eigenvalue weighted by Crippen LogP contribution is -2.46. The van der Waals surface area contributed by atoms with E-state index in [1.165, 1.54) is 25.7 Å². The quantitative estimate of drug-likeness (QED) is 0.733. The second-order valence-electron chi connectivity index (χ2n) is 5.34. The molecule has 2 unspecified atom stereocenters. The number of hydrogen-bond donors (Lipinski definition) is 2. The smallest absolute Gasteiger partial charge is 0.0623 e. The SMILES string of the molecule is CNC1COCC1CNC1(C)CCCC1. The average molecular weight is 212 g/mol. The van der Waals surface area contributed by atoms with E-state index in [9.17, 15) is 0 Å². The fourth-order valence-electron chi connectivity index (χ4n) is 2.83. The van der Waals surface area contributed by atoms with Crippen molar-refractivity contribution in [3.8, 4) is 0 Å². The third-order valence-electron chi connectivity index (χ3n) is 4.07. The minimum atomic E-state index is 0.404. The second-order valence-corrected chi connectivity index (χ2v) is 5.34. The topological polar surface area (TPSA) is 33.3 Å². The largest absolute Gasteiger partial charge is 0.379 e. The van der Waals surface area contributed by atoms with Gasteiger partial charge in [0.2, 0.25) is 0 Å². The van der Waals surface area contributed by atoms with Gasteiger partial charge in [0.25, 0.3) is 0 Å². The summed E-state index contributed by atoms with van der Waals surface area (Å²) in [6.07, 6.45) is 5.45. The van der Waals surface area contributed by atoms with Crippen molar-refractivity contribution in [1.29, 1.82) is 0 Å². The molecule has 0 aromatic heterocycles. The molecule has 3 nitrogen and oxygen atoms in total. The molecular weight excluding hydrogens is 188 g/mol. The molecule has 1 heterocycles. The van der Waals surface area contributed by atoms with E-state index < -0.39 is 0 Å². The van der Waals surface area contributed by atoms with Crippen LogP contribution in [0.15, 0.2) is 0 Å². The average Bonchev–Trinajstić information content (AvgIpc) is 2.84. The van der Waals surface area contributed by atoms with Gasteiger partial charge in [-0.2, -0.15) is 0 Å². The molecule has 2 atom stereocenters. The lowest BCUT2D eigenvalue weighted by molar-refractivity contribution is 0.180. The van der Waals surface area contributed by atoms with E-state index in [1.807, 2.05) is 7.05 Å². The molecule has 88 valence electrons. The van der Waals surface area contributed by atoms with Crippen LogP contribution in [-0.4, -0.2) is 38.4 Å². The van der Waals surface area contributed by atoms with Gasteiger partial charge in [-0.15, -0.1) is 0 Å². The maximum Gasteiger partial charge on any atom is 0.0623 e. The molecule has 0 amide bonds. The zero-order valence-corrected chi connectivity index (χ0v) is 10.0. The van der Waals surface area contributed by atoms with Gasteiger partial charge >= 0.3 is 0 Å². The highest BCUT2D eigenvalue weighted by molar-refractivity contribution is 4.91. The van der Waals surface area contributed by atoms with Crippen LogP contribution in [0.5, 0.6) is 0 Å². The Morgan fingerprint density at radius 3 is 2.67 bits per heavy atom. The van der Waals surface area contributed by atoms with Crippen LogP contribution in [0, 0.1) is 5.92 Å². The monoisotopic (exact) mass is 212 g/mol. The number of ether oxygens (including phenoxy) is 1. The molecule has 2 aliphatic rings. The van der Waals surface area contributed by atoms with Crippen LogP contribution in [0.25, 0.3) is 0 Å². The van der Waals surface area contributed by atoms with Gasteiger partial charge in [-0.25, -0.2) is 0 Å². The molecule has 0 aromatic rings. The lowest BCUT2D eigenvalue weighted by Gasteiger charge is -2.28. The highest BCUT2D eigenvalue weighted by Crippen LogP contribution is 2.29. The predicted molar refractivity (Wildman–Crippen MR) is 62.0 cm³/mol. The van der Waals surface area contributed by atoms with Crippen molar-refractivity contribution < 1.29 is 4.74 Å². The van der Waals surface area contributed by atoms with Crippen LogP contribution in [0.1, 0.15) is 32.6 Å². The Kier molecular flexibility index (Phi) is 3.65. The van der Waals surface area contributed by atoms with Gasteiger partial charge in [0, 0.05) is 24.0 Å². The molecule has 0 aromatic carbocycles. The normalized spacial score (nSPS) is 34.8. The van der Waals surface area contributed by atoms with Crippen LogP contribution in [0.2, 0.25) is 0 Å². The standard InChI is InChI=1S/C12H24N2O/c1-12(5-3-4-6-12)14-7-10-8-15-9-11(10)13-2/h10-11,13-14H,3-9H2,1-2H3. The van der Waals surface area contributed by atoms with Crippen LogP contribution in [0.3, 0.4) is 0 Å². The molecule has 2 N–H and O–H groups in total. The second kappa shape index (κ2) is 4.81. The molecule has 0 bridgehead atoms. The number of likely N-dealkylation sites (N-methyl/N-ethyl adjacent to an activating group) is 1. The van der Waals surface area contributed by atoms with Crippen LogP contribution in [-0.2, 0) is 4.74 Å². The third kappa shape index (κ3) is 2.71. The number of hydrogen-bond acceptors (Lipinski definition) is 3. The Labute approximate surface area is 93.0 Å². The van der Waals surface area contributed by atoms with E-state index in [0.29, 0.717) is 17.5 Å². The molecule has 2 rings (SSSR count). The van der Waals surface area contributed by atoms with Crippen LogP contribution in [0.4, 0.5) is 0 Å². The highest BCUT2D eigenvalue weighted by atomic mass is 16.5. The fourth-order valence-corrected chi connectivity index (χ4v) is 2.83. The van der Waals surface area contributed by atoms with E-state index in [1.54, 1.807) is 0 Å². The third-order valence-corrected chi connectivity index (χ3v) is 4.07. The summed E-state index contributed by atoms with van der Waals surface area (Å²) in [5.74, 6) is 0.646. The summed E-state index contributed by atoms with van der Waals surface area (Å²) in [5.41, 5.74) is 0.404. The maximum absolute atomic E-state index is 5.51. The van der Waals surface area contributed by atoms with E-state index >= 15 is 0 Å². The summed E-state index contributed by atoms with van der Waals surface area (Å²) >= 11 is 0. The summed E-state index contributed by atoms with van der Waals surface area (Å²) < 4.78 is 5.51. The van der Waals surface area contributed by atoms with Gasteiger partial charge in [-0.3, -0.25) is 0 Å². The van der Waals surface area contributed by atoms with Crippen molar-refractivity contribution in [3.05, 3.63) is 0 Å². The first-order valence-electron chi connectivity index (χ1n) is 6.23. The highest BCUT2D eigenvalue weighted by Gasteiger charge is 2.32. The summed E-state index contributed by atoms with van der Waals surface area (Å²) in [7, 11) is 2.03. The summed E-state index contributed by atoms with van der Waals surface area (Å²) in [5, 5.41) is 7.08. The Bertz CT molecular complexity index is 202. The minimum Gasteiger partial charge on any atom is -0.379 e. The van der Waals surface area contributed by atoms with Gasteiger partial charge in [-0.05, 0) is 26.8 Å². The summed E-state index contributed by atoms with van der Waals surface area (Å²) in [6.45, 7) is 5.25. The summed E-state index contributed by atoms with van der Waals surface area (Å²) in [6, 6.07) is 0.544. The van der Waals surface area contributed by atoms with Gasteiger partial charge in [0.15, 0.2) is 0 Å². The number of nitrogens with one attached hydrogen (secondary N) is 2. The van der Waals surface area contributed by atoms with Crippen molar-refractivity contribution >= 4 is 0 Å². The Balaban J connectivity index is 1.77. The van der Waals surface area contributed by atoms with E-state index in [2.05, 4.69) is 17.6 Å². The van der Waals surface area contributed by atoms with Gasteiger partial charge in [0.05, 0.1) is 13.2 Å². The fraction of sp³-hybridized carbons (Fsp3) is 1.00. The van der Waals surface area contributed by atoms with Gasteiger partial charge in [0.1, 0.15) is 0 Å². The molecule has 15 heavy (non-hydrogen) atoms. The first-order chi connectivity index (χ1) is 7.23. The Hall–Kier alpha value is -0.120. The first kappa shape index (κ1) is 11.4. The van der Waals surface area contributed by atoms with E-state index in [4.69, 9.17) is 4.74 Å². The van der Waals surface area contributed by atoms with Gasteiger partial charge in [-0.1, -0.05) is 12.8 Å². The molecule has 0 spiro atoms. The van der Waals surface area contributed by atoms with Crippen molar-refractivity contribution in [2.24, 2.45) is 5.92 Å². The molecule has 2 fully saturated rings. The van der Waals surface area contributed by atoms with Crippen molar-refractivity contribution in [2.45, 2.75) is 44.2 Å². The van der Waals surface area contributed by atoms with Crippen molar-refractivity contribution in [1.82, 2.24) is 10.6 Å². The zero-order chi connectivity index (χ0) is 10.7. The van der Waals surface area contributed by atoms with Crippen molar-refractivity contribution in [2.75, 3.05) is 26.8 Å². The lowest BCUT2D eigenvalue weighted by atomic mass is 9.97. The number of rotatable bonds is 4. The predicted octanol–water partition coefficient (Wildman–Crippen LogP) is 1.14. The molecular formula is C12H24N2O. The molecule has 3 heteroatoms. The molecule has 1 aliphatic carbocycles. The van der Waals surface area contributed by atoms with E-state index in [0.717, 1.165) is 19.8 Å². The van der Waals surface area contributed by atoms with Gasteiger partial charge < -0.3 is 15.4 Å². The molecule has 0 radical (unpaired) electrons. The molecule has 1 aliphatic heterocycles. The minimum absolute atomic E-state index is 0.404. The Morgan fingerprint density at radius 1 is 1.27 bits per heavy atom. The maximum atomic E-state index is 5.51. The molecule has 1 saturated carbocycles. The van der Waals surface area contributed by atoms with Crippen LogP contribution >= 0.6 is 0 Å². The van der Waals surface area contributed by atoms with Crippen LogP contribution < -0.4 is 10.6 Å². The molecule has 1 saturated heterocycles. The van der Waals surface area contributed by atoms with E-state index in [-0.39, 0.29) is 0 Å². The first-order valence-corrected chi connectivity index (χ1v) is 6.23. The Morgan fingerprint density at radius 2 is 2.00 bits per heavy atom. The summed E-state index contributed by atoms with van der Waals surface area (Å²) in [4.78, 5) is 0.